The summed E-state index contributed by atoms with van der Waals surface area (Å²) < 4.78 is 6.28. The lowest BCUT2D eigenvalue weighted by atomic mass is 9.99. The summed E-state index contributed by atoms with van der Waals surface area (Å²) >= 11 is 5.10. The molecule has 1 aromatic carbocycles. The molecule has 1 atom stereocenters. The molecule has 0 aliphatic rings. The highest BCUT2D eigenvalue weighted by Crippen LogP contribution is 2.38. The third-order valence-electron chi connectivity index (χ3n) is 4.85. The van der Waals surface area contributed by atoms with Crippen LogP contribution in [0.2, 0.25) is 0 Å². The zero-order chi connectivity index (χ0) is 21.8. The highest BCUT2D eigenvalue weighted by atomic mass is 79.9. The lowest BCUT2D eigenvalue weighted by Gasteiger charge is -2.21. The van der Waals surface area contributed by atoms with E-state index in [0.717, 1.165) is 38.4 Å². The predicted octanol–water partition coefficient (Wildman–Crippen LogP) is 6.82. The second kappa shape index (κ2) is 9.49. The highest BCUT2D eigenvalue weighted by Gasteiger charge is 2.23. The van der Waals surface area contributed by atoms with Crippen molar-refractivity contribution in [2.24, 2.45) is 0 Å². The molecule has 0 saturated heterocycles. The zero-order valence-corrected chi connectivity index (χ0v) is 19.6. The van der Waals surface area contributed by atoms with Crippen molar-refractivity contribution in [3.8, 4) is 0 Å². The minimum absolute atomic E-state index is 0.189. The van der Waals surface area contributed by atoms with Gasteiger partial charge in [-0.2, -0.15) is 0 Å². The summed E-state index contributed by atoms with van der Waals surface area (Å²) in [5.41, 5.74) is 3.19. The van der Waals surface area contributed by atoms with Gasteiger partial charge in [0.2, 0.25) is 0 Å². The van der Waals surface area contributed by atoms with Crippen LogP contribution in [0.4, 0.5) is 10.8 Å². The zero-order valence-electron chi connectivity index (χ0n) is 17.2. The van der Waals surface area contributed by atoms with Gasteiger partial charge >= 0.3 is 0 Å². The second-order valence-electron chi connectivity index (χ2n) is 7.13. The number of aryl methyl sites for hydroxylation is 2. The van der Waals surface area contributed by atoms with E-state index in [9.17, 15) is 4.79 Å². The van der Waals surface area contributed by atoms with E-state index in [1.807, 2.05) is 31.2 Å². The number of halogens is 1. The van der Waals surface area contributed by atoms with Gasteiger partial charge in [-0.1, -0.05) is 35.0 Å². The van der Waals surface area contributed by atoms with Crippen LogP contribution in [-0.4, -0.2) is 10.9 Å². The van der Waals surface area contributed by atoms with Gasteiger partial charge in [0, 0.05) is 21.1 Å². The smallest absolute Gasteiger partial charge is 0.291 e. The summed E-state index contributed by atoms with van der Waals surface area (Å²) in [4.78, 5) is 18.4. The molecule has 1 amide bonds. The Balaban J connectivity index is 1.75. The molecule has 0 unspecified atom stereocenters. The SMILES string of the molecule is CCc1cc([C@@H](Nc2cc(C)ccn2)c2ccc(Br)cc2)c(NC(=O)c2ccco2)s1. The van der Waals surface area contributed by atoms with E-state index in [2.05, 4.69) is 56.7 Å². The van der Waals surface area contributed by atoms with Gasteiger partial charge in [0.15, 0.2) is 5.76 Å². The number of carbonyl (C=O) groups excluding carboxylic acids is 1. The molecule has 0 aliphatic heterocycles. The Morgan fingerprint density at radius 2 is 2.00 bits per heavy atom. The average Bonchev–Trinajstić information content (AvgIpc) is 3.43. The van der Waals surface area contributed by atoms with Crippen LogP contribution in [-0.2, 0) is 6.42 Å². The van der Waals surface area contributed by atoms with Crippen LogP contribution >= 0.6 is 27.3 Å². The Bertz CT molecular complexity index is 1170. The van der Waals surface area contributed by atoms with E-state index in [0.29, 0.717) is 0 Å². The van der Waals surface area contributed by atoms with Crippen LogP contribution in [0.15, 0.2) is 75.9 Å². The summed E-state index contributed by atoms with van der Waals surface area (Å²) in [6.45, 7) is 4.15. The highest BCUT2D eigenvalue weighted by molar-refractivity contribution is 9.10. The van der Waals surface area contributed by atoms with Gasteiger partial charge in [-0.15, -0.1) is 11.3 Å². The molecule has 31 heavy (non-hydrogen) atoms. The van der Waals surface area contributed by atoms with Gasteiger partial charge in [-0.3, -0.25) is 4.79 Å². The molecule has 0 saturated carbocycles. The van der Waals surface area contributed by atoms with Gasteiger partial charge in [-0.25, -0.2) is 4.98 Å². The Morgan fingerprint density at radius 3 is 2.68 bits per heavy atom. The van der Waals surface area contributed by atoms with E-state index in [4.69, 9.17) is 4.42 Å². The van der Waals surface area contributed by atoms with Crippen LogP contribution in [0.25, 0.3) is 0 Å². The van der Waals surface area contributed by atoms with Crippen molar-refractivity contribution in [2.75, 3.05) is 10.6 Å². The molecular formula is C24H22BrN3O2S. The maximum absolute atomic E-state index is 12.7. The van der Waals surface area contributed by atoms with E-state index in [1.165, 1.54) is 11.1 Å². The number of benzene rings is 1. The first-order chi connectivity index (χ1) is 15.0. The fourth-order valence-corrected chi connectivity index (χ4v) is 4.57. The lowest BCUT2D eigenvalue weighted by Crippen LogP contribution is -2.17. The van der Waals surface area contributed by atoms with Crippen molar-refractivity contribution in [1.82, 2.24) is 4.98 Å². The Morgan fingerprint density at radius 1 is 1.19 bits per heavy atom. The molecule has 3 aromatic heterocycles. The molecule has 4 aromatic rings. The predicted molar refractivity (Wildman–Crippen MR) is 129 cm³/mol. The first-order valence-electron chi connectivity index (χ1n) is 9.95. The molecule has 0 spiro atoms. The number of hydrogen-bond donors (Lipinski definition) is 2. The van der Waals surface area contributed by atoms with Crippen LogP contribution in [0, 0.1) is 6.92 Å². The standard InChI is InChI=1S/C24H22BrN3O2S/c1-3-18-14-19(24(31-18)28-23(29)20-5-4-12-30-20)22(16-6-8-17(25)9-7-16)27-21-13-15(2)10-11-26-21/h4-14,22H,3H2,1-2H3,(H,26,27)(H,28,29)/t22-/m0/s1. The van der Waals surface area contributed by atoms with Gasteiger partial charge in [0.05, 0.1) is 12.3 Å². The van der Waals surface area contributed by atoms with Crippen LogP contribution in [0.5, 0.6) is 0 Å². The number of amides is 1. The number of carbonyl (C=O) groups is 1. The fourth-order valence-electron chi connectivity index (χ4n) is 3.28. The number of hydrogen-bond acceptors (Lipinski definition) is 5. The molecule has 0 radical (unpaired) electrons. The van der Waals surface area contributed by atoms with Gasteiger partial charge in [0.1, 0.15) is 10.8 Å². The topological polar surface area (TPSA) is 67.2 Å². The molecule has 0 fully saturated rings. The minimum atomic E-state index is -0.265. The van der Waals surface area contributed by atoms with Crippen molar-refractivity contribution in [2.45, 2.75) is 26.3 Å². The number of anilines is 2. The molecule has 158 valence electrons. The molecular weight excluding hydrogens is 474 g/mol. The Labute approximate surface area is 193 Å². The van der Waals surface area contributed by atoms with Crippen LogP contribution in [0.3, 0.4) is 0 Å². The molecule has 4 rings (SSSR count). The van der Waals surface area contributed by atoms with Crippen molar-refractivity contribution in [3.05, 3.63) is 98.9 Å². The second-order valence-corrected chi connectivity index (χ2v) is 9.18. The summed E-state index contributed by atoms with van der Waals surface area (Å²) in [7, 11) is 0. The summed E-state index contributed by atoms with van der Waals surface area (Å²) in [6, 6.07) is 17.5. The minimum Gasteiger partial charge on any atom is -0.459 e. The first kappa shape index (κ1) is 21.3. The van der Waals surface area contributed by atoms with E-state index in [-0.39, 0.29) is 17.7 Å². The normalized spacial score (nSPS) is 11.8. The Kier molecular flexibility index (Phi) is 6.53. The molecule has 3 heterocycles. The van der Waals surface area contributed by atoms with Crippen molar-refractivity contribution in [1.29, 1.82) is 0 Å². The fraction of sp³-hybridized carbons (Fsp3) is 0.167. The van der Waals surface area contributed by atoms with Crippen LogP contribution < -0.4 is 10.6 Å². The third kappa shape index (κ3) is 5.06. The number of nitrogens with zero attached hydrogens (tertiary/aromatic N) is 1. The van der Waals surface area contributed by atoms with Gasteiger partial charge in [0.25, 0.3) is 5.91 Å². The lowest BCUT2D eigenvalue weighted by molar-refractivity contribution is 0.0997. The summed E-state index contributed by atoms with van der Waals surface area (Å²) in [5, 5.41) is 7.40. The number of nitrogens with one attached hydrogen (secondary N) is 2. The summed E-state index contributed by atoms with van der Waals surface area (Å²) in [5.74, 6) is 0.797. The van der Waals surface area contributed by atoms with Gasteiger partial charge in [-0.05, 0) is 66.9 Å². The molecule has 2 N–H and O–H groups in total. The van der Waals surface area contributed by atoms with E-state index >= 15 is 0 Å². The van der Waals surface area contributed by atoms with Crippen molar-refractivity contribution in [3.63, 3.8) is 0 Å². The maximum Gasteiger partial charge on any atom is 0.291 e. The molecule has 0 aliphatic carbocycles. The van der Waals surface area contributed by atoms with Crippen molar-refractivity contribution < 1.29 is 9.21 Å². The maximum atomic E-state index is 12.7. The molecule has 7 heteroatoms. The van der Waals surface area contributed by atoms with E-state index in [1.54, 1.807) is 29.7 Å². The number of aromatic nitrogens is 1. The third-order valence-corrected chi connectivity index (χ3v) is 6.59. The number of furan rings is 1. The number of rotatable bonds is 7. The number of pyridine rings is 1. The van der Waals surface area contributed by atoms with E-state index < -0.39 is 0 Å². The largest absolute Gasteiger partial charge is 0.459 e. The Hall–Kier alpha value is -2.90. The van der Waals surface area contributed by atoms with Crippen molar-refractivity contribution >= 4 is 44.0 Å². The molecule has 5 nitrogen and oxygen atoms in total. The summed E-state index contributed by atoms with van der Waals surface area (Å²) in [6.07, 6.45) is 4.17. The average molecular weight is 496 g/mol. The van der Waals surface area contributed by atoms with Gasteiger partial charge < -0.3 is 15.1 Å². The number of thiophene rings is 1. The molecule has 0 bridgehead atoms. The van der Waals surface area contributed by atoms with Crippen LogP contribution in [0.1, 0.15) is 45.1 Å². The first-order valence-corrected chi connectivity index (χ1v) is 11.6. The monoisotopic (exact) mass is 495 g/mol. The quantitative estimate of drug-likeness (QED) is 0.295.